The second-order valence-electron chi connectivity index (χ2n) is 2.83. The molecule has 0 aliphatic carbocycles. The molecule has 13 heavy (non-hydrogen) atoms. The van der Waals surface area contributed by atoms with Crippen LogP contribution in [0.25, 0.3) is 0 Å². The Morgan fingerprint density at radius 2 is 2.00 bits per heavy atom. The molecule has 0 saturated carbocycles. The minimum Gasteiger partial charge on any atom is -0.384 e. The number of rotatable bonds is 3. The Morgan fingerprint density at radius 1 is 1.38 bits per heavy atom. The first-order valence-corrected chi connectivity index (χ1v) is 4.12. The maximum absolute atomic E-state index is 10.6. The predicted octanol–water partition coefficient (Wildman–Crippen LogP) is 1.87. The van der Waals surface area contributed by atoms with Gasteiger partial charge in [-0.15, -0.1) is 0 Å². The zero-order chi connectivity index (χ0) is 9.68. The van der Waals surface area contributed by atoms with Gasteiger partial charge in [0.25, 0.3) is 0 Å². The van der Waals surface area contributed by atoms with Gasteiger partial charge in [0.05, 0.1) is 6.10 Å². The van der Waals surface area contributed by atoms with E-state index in [2.05, 4.69) is 0 Å². The fourth-order valence-electron chi connectivity index (χ4n) is 0.988. The summed E-state index contributed by atoms with van der Waals surface area (Å²) in [4.78, 5) is 10.6. The number of hydrogen-bond donors (Lipinski definition) is 1. The van der Waals surface area contributed by atoms with Gasteiger partial charge in [-0.05, 0) is 24.6 Å². The lowest BCUT2D eigenvalue weighted by Crippen LogP contribution is -1.93. The van der Waals surface area contributed by atoms with E-state index in [-0.39, 0.29) is 5.78 Å². The summed E-state index contributed by atoms with van der Waals surface area (Å²) in [5, 5.41) is 9.53. The maximum Gasteiger partial charge on any atom is 0.152 e. The summed E-state index contributed by atoms with van der Waals surface area (Å²) in [6, 6.07) is 9.20. The minimum atomic E-state index is -0.690. The first-order valence-electron chi connectivity index (χ1n) is 4.12. The van der Waals surface area contributed by atoms with E-state index in [9.17, 15) is 9.90 Å². The fourth-order valence-corrected chi connectivity index (χ4v) is 0.988. The lowest BCUT2D eigenvalue weighted by molar-refractivity contribution is -0.112. The van der Waals surface area contributed by atoms with Crippen LogP contribution >= 0.6 is 0 Å². The molecule has 0 heterocycles. The molecule has 2 nitrogen and oxygen atoms in total. The number of carbonyl (C=O) groups excluding carboxylic acids is 1. The number of aliphatic hydroxyl groups is 1. The van der Waals surface area contributed by atoms with Crippen LogP contribution < -0.4 is 0 Å². The van der Waals surface area contributed by atoms with E-state index in [4.69, 9.17) is 0 Å². The quantitative estimate of drug-likeness (QED) is 0.714. The van der Waals surface area contributed by atoms with E-state index in [0.29, 0.717) is 0 Å². The van der Waals surface area contributed by atoms with Crippen LogP contribution in [0.1, 0.15) is 18.6 Å². The largest absolute Gasteiger partial charge is 0.384 e. The Kier molecular flexibility index (Phi) is 3.41. The van der Waals surface area contributed by atoms with E-state index >= 15 is 0 Å². The zero-order valence-corrected chi connectivity index (χ0v) is 7.47. The standard InChI is InChI=1S/C11H12O2/c1-9(12)7-8-11(13)10-5-3-2-4-6-10/h2-8,11,13H,1H3/b8-7+/t11-/m1/s1. The fraction of sp³-hybridized carbons (Fsp3) is 0.182. The van der Waals surface area contributed by atoms with Gasteiger partial charge in [0.2, 0.25) is 0 Å². The molecular weight excluding hydrogens is 164 g/mol. The summed E-state index contributed by atoms with van der Waals surface area (Å²) in [5.74, 6) is -0.0602. The van der Waals surface area contributed by atoms with Crippen molar-refractivity contribution in [2.75, 3.05) is 0 Å². The Labute approximate surface area is 77.5 Å². The van der Waals surface area contributed by atoms with Crippen molar-refractivity contribution >= 4 is 5.78 Å². The summed E-state index contributed by atoms with van der Waals surface area (Å²) in [6.45, 7) is 1.45. The molecule has 1 aromatic rings. The molecule has 1 N–H and O–H groups in total. The van der Waals surface area contributed by atoms with Gasteiger partial charge in [-0.2, -0.15) is 0 Å². The van der Waals surface area contributed by atoms with Gasteiger partial charge < -0.3 is 5.11 Å². The predicted molar refractivity (Wildman–Crippen MR) is 51.2 cm³/mol. The lowest BCUT2D eigenvalue weighted by atomic mass is 10.1. The molecule has 0 fully saturated rings. The highest BCUT2D eigenvalue weighted by Crippen LogP contribution is 2.12. The molecule has 0 unspecified atom stereocenters. The third-order valence-corrected chi connectivity index (χ3v) is 1.65. The first-order chi connectivity index (χ1) is 6.20. The van der Waals surface area contributed by atoms with Crippen LogP contribution in [0.4, 0.5) is 0 Å². The first kappa shape index (κ1) is 9.68. The number of allylic oxidation sites excluding steroid dienone is 1. The van der Waals surface area contributed by atoms with E-state index in [1.54, 1.807) is 0 Å². The topological polar surface area (TPSA) is 37.3 Å². The highest BCUT2D eigenvalue weighted by atomic mass is 16.3. The van der Waals surface area contributed by atoms with Crippen molar-refractivity contribution in [2.45, 2.75) is 13.0 Å². The van der Waals surface area contributed by atoms with Gasteiger partial charge in [0.1, 0.15) is 0 Å². The molecule has 0 aromatic heterocycles. The number of hydrogen-bond acceptors (Lipinski definition) is 2. The van der Waals surface area contributed by atoms with Gasteiger partial charge in [-0.25, -0.2) is 0 Å². The van der Waals surface area contributed by atoms with Crippen LogP contribution in [0.2, 0.25) is 0 Å². The van der Waals surface area contributed by atoms with Crippen LogP contribution in [0, 0.1) is 0 Å². The van der Waals surface area contributed by atoms with Gasteiger partial charge in [0, 0.05) is 0 Å². The van der Waals surface area contributed by atoms with Crippen LogP contribution in [-0.4, -0.2) is 10.9 Å². The minimum absolute atomic E-state index is 0.0602. The van der Waals surface area contributed by atoms with Crippen molar-refractivity contribution in [3.63, 3.8) is 0 Å². The molecule has 1 rings (SSSR count). The SMILES string of the molecule is CC(=O)/C=C/[C@@H](O)c1ccccc1. The van der Waals surface area contributed by atoms with E-state index < -0.39 is 6.10 Å². The Balaban J connectivity index is 2.69. The highest BCUT2D eigenvalue weighted by Gasteiger charge is 2.00. The molecule has 0 spiro atoms. The third kappa shape index (κ3) is 3.22. The van der Waals surface area contributed by atoms with Crippen molar-refractivity contribution in [1.82, 2.24) is 0 Å². The van der Waals surface area contributed by atoms with Crippen LogP contribution in [0.3, 0.4) is 0 Å². The molecule has 0 saturated heterocycles. The molecule has 68 valence electrons. The molecule has 0 bridgehead atoms. The molecule has 1 atom stereocenters. The highest BCUT2D eigenvalue weighted by molar-refractivity contribution is 5.87. The van der Waals surface area contributed by atoms with Crippen molar-refractivity contribution in [2.24, 2.45) is 0 Å². The summed E-state index contributed by atoms with van der Waals surface area (Å²) in [7, 11) is 0. The zero-order valence-electron chi connectivity index (χ0n) is 7.47. The monoisotopic (exact) mass is 176 g/mol. The molecule has 0 radical (unpaired) electrons. The van der Waals surface area contributed by atoms with Crippen molar-refractivity contribution in [3.05, 3.63) is 48.0 Å². The van der Waals surface area contributed by atoms with E-state index in [1.807, 2.05) is 30.3 Å². The number of ketones is 1. The van der Waals surface area contributed by atoms with Crippen molar-refractivity contribution in [3.8, 4) is 0 Å². The summed E-state index contributed by atoms with van der Waals surface area (Å²) >= 11 is 0. The third-order valence-electron chi connectivity index (χ3n) is 1.65. The Morgan fingerprint density at radius 3 is 2.54 bits per heavy atom. The lowest BCUT2D eigenvalue weighted by Gasteiger charge is -2.03. The molecule has 0 aliphatic rings. The van der Waals surface area contributed by atoms with Crippen LogP contribution in [0.5, 0.6) is 0 Å². The maximum atomic E-state index is 10.6. The normalized spacial score (nSPS) is 13.1. The van der Waals surface area contributed by atoms with Crippen molar-refractivity contribution in [1.29, 1.82) is 0 Å². The van der Waals surface area contributed by atoms with Gasteiger partial charge >= 0.3 is 0 Å². The molecule has 0 amide bonds. The average Bonchev–Trinajstić information content (AvgIpc) is 2.15. The number of carbonyl (C=O) groups is 1. The summed E-state index contributed by atoms with van der Waals surface area (Å²) in [6.07, 6.45) is 2.17. The second kappa shape index (κ2) is 4.58. The van der Waals surface area contributed by atoms with Crippen LogP contribution in [0.15, 0.2) is 42.5 Å². The molecule has 0 aliphatic heterocycles. The van der Waals surface area contributed by atoms with E-state index in [0.717, 1.165) is 5.56 Å². The van der Waals surface area contributed by atoms with Gasteiger partial charge in [-0.3, -0.25) is 4.79 Å². The average molecular weight is 176 g/mol. The molecule has 2 heteroatoms. The number of aliphatic hydroxyl groups excluding tert-OH is 1. The summed E-state index contributed by atoms with van der Waals surface area (Å²) in [5.41, 5.74) is 0.792. The Bertz CT molecular complexity index is 301. The molecule has 1 aromatic carbocycles. The van der Waals surface area contributed by atoms with E-state index in [1.165, 1.54) is 19.1 Å². The van der Waals surface area contributed by atoms with Gasteiger partial charge in [-0.1, -0.05) is 30.3 Å². The molecular formula is C11H12O2. The summed E-state index contributed by atoms with van der Waals surface area (Å²) < 4.78 is 0. The van der Waals surface area contributed by atoms with Crippen LogP contribution in [-0.2, 0) is 4.79 Å². The second-order valence-corrected chi connectivity index (χ2v) is 2.83. The van der Waals surface area contributed by atoms with Crippen molar-refractivity contribution < 1.29 is 9.90 Å². The number of benzene rings is 1. The van der Waals surface area contributed by atoms with Gasteiger partial charge in [0.15, 0.2) is 5.78 Å². The Hall–Kier alpha value is -1.41. The smallest absolute Gasteiger partial charge is 0.152 e.